The van der Waals surface area contributed by atoms with Gasteiger partial charge in [0.2, 0.25) is 0 Å². The molecule has 1 N–H and O–H groups in total. The van der Waals surface area contributed by atoms with E-state index in [2.05, 4.69) is 15.2 Å². The van der Waals surface area contributed by atoms with Crippen LogP contribution in [-0.4, -0.2) is 21.2 Å². The summed E-state index contributed by atoms with van der Waals surface area (Å²) in [6, 6.07) is 0. The van der Waals surface area contributed by atoms with Crippen LogP contribution >= 0.6 is 0 Å². The van der Waals surface area contributed by atoms with Gasteiger partial charge in [0.05, 0.1) is 0 Å². The summed E-state index contributed by atoms with van der Waals surface area (Å²) < 4.78 is 4.97. The van der Waals surface area contributed by atoms with E-state index in [1.165, 1.54) is 13.3 Å². The zero-order chi connectivity index (χ0) is 8.97. The van der Waals surface area contributed by atoms with E-state index in [9.17, 15) is 4.79 Å². The lowest BCUT2D eigenvalue weighted by Gasteiger charge is -2.10. The Morgan fingerprint density at radius 1 is 1.83 bits per heavy atom. The van der Waals surface area contributed by atoms with Crippen LogP contribution in [-0.2, 0) is 9.53 Å². The molecular weight excluding hydrogens is 158 g/mol. The Kier molecular flexibility index (Phi) is 2.79. The molecule has 1 aromatic heterocycles. The minimum atomic E-state index is -0.307. The summed E-state index contributed by atoms with van der Waals surface area (Å²) in [5.74, 6) is 0.283. The van der Waals surface area contributed by atoms with Gasteiger partial charge in [-0.3, -0.25) is 9.89 Å². The van der Waals surface area contributed by atoms with Crippen molar-refractivity contribution in [1.29, 1.82) is 0 Å². The van der Waals surface area contributed by atoms with Crippen molar-refractivity contribution in [3.63, 3.8) is 0 Å². The molecule has 0 amide bonds. The van der Waals surface area contributed by atoms with Crippen LogP contribution in [0.15, 0.2) is 6.33 Å². The number of nitrogens with zero attached hydrogens (tertiary/aromatic N) is 2. The second kappa shape index (κ2) is 3.85. The third kappa shape index (κ3) is 2.05. The minimum absolute atomic E-state index is 0.301. The molecule has 0 aromatic carbocycles. The van der Waals surface area contributed by atoms with E-state index < -0.39 is 0 Å². The number of hydrogen-bond donors (Lipinski definition) is 1. The lowest BCUT2D eigenvalue weighted by Crippen LogP contribution is -2.09. The number of esters is 1. The van der Waals surface area contributed by atoms with Crippen LogP contribution in [0, 0.1) is 0 Å². The van der Waals surface area contributed by atoms with Gasteiger partial charge in [-0.05, 0) is 6.42 Å². The van der Waals surface area contributed by atoms with Crippen molar-refractivity contribution in [2.75, 3.05) is 0 Å². The molecule has 1 aromatic rings. The fourth-order valence-electron chi connectivity index (χ4n) is 0.903. The highest BCUT2D eigenvalue weighted by atomic mass is 16.5. The zero-order valence-electron chi connectivity index (χ0n) is 7.07. The number of H-pyrrole nitrogens is 1. The Morgan fingerprint density at radius 2 is 2.58 bits per heavy atom. The van der Waals surface area contributed by atoms with Gasteiger partial charge in [0.25, 0.3) is 0 Å². The van der Waals surface area contributed by atoms with Crippen LogP contribution in [0.5, 0.6) is 0 Å². The summed E-state index contributed by atoms with van der Waals surface area (Å²) in [4.78, 5) is 14.5. The van der Waals surface area contributed by atoms with E-state index in [0.29, 0.717) is 12.2 Å². The van der Waals surface area contributed by atoms with Crippen LogP contribution < -0.4 is 0 Å². The van der Waals surface area contributed by atoms with Gasteiger partial charge in [-0.15, -0.1) is 0 Å². The average Bonchev–Trinajstić information content (AvgIpc) is 2.51. The topological polar surface area (TPSA) is 67.9 Å². The largest absolute Gasteiger partial charge is 0.454 e. The summed E-state index contributed by atoms with van der Waals surface area (Å²) in [5, 5.41) is 6.33. The Bertz CT molecular complexity index is 245. The predicted octanol–water partition coefficient (Wildman–Crippen LogP) is 0.819. The average molecular weight is 169 g/mol. The molecule has 0 aliphatic heterocycles. The van der Waals surface area contributed by atoms with E-state index >= 15 is 0 Å². The number of rotatable bonds is 3. The van der Waals surface area contributed by atoms with Gasteiger partial charge < -0.3 is 4.74 Å². The highest BCUT2D eigenvalue weighted by Gasteiger charge is 2.14. The Morgan fingerprint density at radius 3 is 3.00 bits per heavy atom. The lowest BCUT2D eigenvalue weighted by atomic mass is 10.2. The number of hydrogen-bond acceptors (Lipinski definition) is 4. The van der Waals surface area contributed by atoms with Gasteiger partial charge in [-0.1, -0.05) is 6.92 Å². The third-order valence-electron chi connectivity index (χ3n) is 1.42. The quantitative estimate of drug-likeness (QED) is 0.680. The van der Waals surface area contributed by atoms with Crippen molar-refractivity contribution in [2.24, 2.45) is 0 Å². The first-order valence-electron chi connectivity index (χ1n) is 3.76. The molecule has 0 aliphatic carbocycles. The van der Waals surface area contributed by atoms with Gasteiger partial charge >= 0.3 is 5.97 Å². The van der Waals surface area contributed by atoms with Crippen molar-refractivity contribution < 1.29 is 9.53 Å². The molecule has 5 nitrogen and oxygen atoms in total. The number of aromatic amines is 1. The lowest BCUT2D eigenvalue weighted by molar-refractivity contribution is -0.147. The van der Waals surface area contributed by atoms with Gasteiger partial charge in [0.1, 0.15) is 6.33 Å². The highest BCUT2D eigenvalue weighted by molar-refractivity contribution is 5.66. The van der Waals surface area contributed by atoms with Gasteiger partial charge in [0.15, 0.2) is 11.9 Å². The number of nitrogens with one attached hydrogen (secondary N) is 1. The maximum absolute atomic E-state index is 10.6. The van der Waals surface area contributed by atoms with E-state index in [0.717, 1.165) is 0 Å². The maximum atomic E-state index is 10.6. The molecule has 0 saturated heterocycles. The molecule has 1 rings (SSSR count). The number of ether oxygens (including phenoxy) is 1. The van der Waals surface area contributed by atoms with Crippen molar-refractivity contribution in [3.05, 3.63) is 12.2 Å². The summed E-state index contributed by atoms with van der Waals surface area (Å²) in [7, 11) is 0. The molecule has 12 heavy (non-hydrogen) atoms. The van der Waals surface area contributed by atoms with Gasteiger partial charge in [-0.25, -0.2) is 4.98 Å². The first kappa shape index (κ1) is 8.70. The zero-order valence-corrected chi connectivity index (χ0v) is 7.07. The van der Waals surface area contributed by atoms with Crippen LogP contribution in [0.3, 0.4) is 0 Å². The molecule has 0 bridgehead atoms. The smallest absolute Gasteiger partial charge is 0.303 e. The molecule has 0 fully saturated rings. The first-order valence-corrected chi connectivity index (χ1v) is 3.76. The van der Waals surface area contributed by atoms with Crippen LogP contribution in [0.25, 0.3) is 0 Å². The number of aromatic nitrogens is 3. The summed E-state index contributed by atoms with van der Waals surface area (Å²) in [6.07, 6.45) is 1.78. The standard InChI is InChI=1S/C7H11N3O2/c1-3-6(12-5(2)11)7-8-4-9-10-7/h4,6H,3H2,1-2H3,(H,8,9,10). The molecule has 1 unspecified atom stereocenters. The molecule has 0 aliphatic rings. The van der Waals surface area contributed by atoms with Crippen molar-refractivity contribution in [2.45, 2.75) is 26.4 Å². The van der Waals surface area contributed by atoms with Crippen molar-refractivity contribution in [1.82, 2.24) is 15.2 Å². The molecule has 1 atom stereocenters. The molecule has 0 radical (unpaired) electrons. The Hall–Kier alpha value is -1.39. The normalized spacial score (nSPS) is 12.5. The molecule has 0 spiro atoms. The summed E-state index contributed by atoms with van der Waals surface area (Å²) in [5.41, 5.74) is 0. The van der Waals surface area contributed by atoms with Crippen LogP contribution in [0.2, 0.25) is 0 Å². The van der Waals surface area contributed by atoms with E-state index in [1.807, 2.05) is 6.92 Å². The molecule has 5 heteroatoms. The fourth-order valence-corrected chi connectivity index (χ4v) is 0.903. The first-order chi connectivity index (χ1) is 5.74. The second-order valence-electron chi connectivity index (χ2n) is 2.38. The summed E-state index contributed by atoms with van der Waals surface area (Å²) in [6.45, 7) is 3.29. The van der Waals surface area contributed by atoms with E-state index in [1.54, 1.807) is 0 Å². The predicted molar refractivity (Wildman–Crippen MR) is 41.2 cm³/mol. The third-order valence-corrected chi connectivity index (χ3v) is 1.42. The monoisotopic (exact) mass is 169 g/mol. The van der Waals surface area contributed by atoms with Gasteiger partial charge in [0, 0.05) is 6.92 Å². The number of carbonyl (C=O) groups excluding carboxylic acids is 1. The SMILES string of the molecule is CCC(OC(C)=O)c1ncn[nH]1. The Balaban J connectivity index is 2.63. The van der Waals surface area contributed by atoms with Gasteiger partial charge in [-0.2, -0.15) is 5.10 Å². The van der Waals surface area contributed by atoms with E-state index in [4.69, 9.17) is 4.74 Å². The molecule has 1 heterocycles. The Labute approximate surface area is 70.1 Å². The van der Waals surface area contributed by atoms with Crippen molar-refractivity contribution >= 4 is 5.97 Å². The molecular formula is C7H11N3O2. The van der Waals surface area contributed by atoms with Crippen LogP contribution in [0.1, 0.15) is 32.2 Å². The van der Waals surface area contributed by atoms with Crippen molar-refractivity contribution in [3.8, 4) is 0 Å². The fraction of sp³-hybridized carbons (Fsp3) is 0.571. The number of carbonyl (C=O) groups is 1. The summed E-state index contributed by atoms with van der Waals surface area (Å²) >= 11 is 0. The van der Waals surface area contributed by atoms with Crippen LogP contribution in [0.4, 0.5) is 0 Å². The minimum Gasteiger partial charge on any atom is -0.454 e. The highest BCUT2D eigenvalue weighted by Crippen LogP contribution is 2.15. The molecule has 0 saturated carbocycles. The van der Waals surface area contributed by atoms with E-state index in [-0.39, 0.29) is 12.1 Å². The maximum Gasteiger partial charge on any atom is 0.303 e. The molecule has 66 valence electrons. The second-order valence-corrected chi connectivity index (χ2v) is 2.38.